The molecule has 1 aromatic heterocycles. The van der Waals surface area contributed by atoms with Crippen molar-refractivity contribution in [2.24, 2.45) is 0 Å². The van der Waals surface area contributed by atoms with Gasteiger partial charge in [0.05, 0.1) is 19.8 Å². The molecule has 0 unspecified atom stereocenters. The first-order valence-electron chi connectivity index (χ1n) is 6.17. The van der Waals surface area contributed by atoms with Gasteiger partial charge in [0.25, 0.3) is 5.91 Å². The average Bonchev–Trinajstić information content (AvgIpc) is 2.94. The Hall–Kier alpha value is -1.80. The summed E-state index contributed by atoms with van der Waals surface area (Å²) in [4.78, 5) is 12.3. The van der Waals surface area contributed by atoms with Crippen molar-refractivity contribution in [3.05, 3.63) is 23.8 Å². The van der Waals surface area contributed by atoms with Crippen LogP contribution >= 0.6 is 23.1 Å². The van der Waals surface area contributed by atoms with Crippen LogP contribution in [0, 0.1) is 0 Å². The predicted octanol–water partition coefficient (Wildman–Crippen LogP) is 2.92. The summed E-state index contributed by atoms with van der Waals surface area (Å²) in [6.45, 7) is 2.03. The fourth-order valence-electron chi connectivity index (χ4n) is 1.60. The topological polar surface area (TPSA) is 73.3 Å². The van der Waals surface area contributed by atoms with Gasteiger partial charge < -0.3 is 9.47 Å². The number of ether oxygens (including phenoxy) is 2. The van der Waals surface area contributed by atoms with Crippen molar-refractivity contribution in [1.29, 1.82) is 0 Å². The third-order valence-electron chi connectivity index (χ3n) is 2.55. The zero-order valence-corrected chi connectivity index (χ0v) is 13.5. The second-order valence-corrected chi connectivity index (χ2v) is 6.32. The number of carbonyl (C=O) groups excluding carboxylic acids is 1. The van der Waals surface area contributed by atoms with Crippen LogP contribution in [0.25, 0.3) is 0 Å². The van der Waals surface area contributed by atoms with Gasteiger partial charge in [-0.3, -0.25) is 10.1 Å². The van der Waals surface area contributed by atoms with E-state index in [0.29, 0.717) is 22.2 Å². The van der Waals surface area contributed by atoms with E-state index in [0.717, 1.165) is 10.1 Å². The Bertz CT molecular complexity index is 631. The SMILES string of the molecule is CCSc1nnc(NC(=O)c2cc(OC)ccc2OC)s1. The summed E-state index contributed by atoms with van der Waals surface area (Å²) in [5.41, 5.74) is 0.386. The van der Waals surface area contributed by atoms with Crippen molar-refractivity contribution in [3.8, 4) is 11.5 Å². The van der Waals surface area contributed by atoms with Crippen molar-refractivity contribution in [2.75, 3.05) is 25.3 Å². The maximum atomic E-state index is 12.3. The number of amides is 1. The smallest absolute Gasteiger partial charge is 0.261 e. The molecule has 0 aliphatic carbocycles. The molecule has 0 aliphatic rings. The van der Waals surface area contributed by atoms with E-state index in [-0.39, 0.29) is 5.91 Å². The number of hydrogen-bond acceptors (Lipinski definition) is 7. The average molecular weight is 325 g/mol. The minimum Gasteiger partial charge on any atom is -0.497 e. The predicted molar refractivity (Wildman–Crippen MR) is 83.8 cm³/mol. The zero-order chi connectivity index (χ0) is 15.2. The Kier molecular flexibility index (Phi) is 5.40. The lowest BCUT2D eigenvalue weighted by molar-refractivity contribution is 0.102. The van der Waals surface area contributed by atoms with Crippen molar-refractivity contribution in [2.45, 2.75) is 11.3 Å². The van der Waals surface area contributed by atoms with Gasteiger partial charge in [-0.25, -0.2) is 0 Å². The molecule has 21 heavy (non-hydrogen) atoms. The lowest BCUT2D eigenvalue weighted by Crippen LogP contribution is -2.13. The normalized spacial score (nSPS) is 10.2. The molecular formula is C13H15N3O3S2. The van der Waals surface area contributed by atoms with Crippen LogP contribution < -0.4 is 14.8 Å². The highest BCUT2D eigenvalue weighted by Gasteiger charge is 2.16. The molecule has 0 saturated carbocycles. The number of thioether (sulfide) groups is 1. The van der Waals surface area contributed by atoms with Crippen molar-refractivity contribution in [1.82, 2.24) is 10.2 Å². The largest absolute Gasteiger partial charge is 0.497 e. The van der Waals surface area contributed by atoms with E-state index >= 15 is 0 Å². The molecule has 1 amide bonds. The van der Waals surface area contributed by atoms with E-state index in [4.69, 9.17) is 9.47 Å². The number of methoxy groups -OCH3 is 2. The van der Waals surface area contributed by atoms with Gasteiger partial charge >= 0.3 is 0 Å². The Morgan fingerprint density at radius 1 is 1.33 bits per heavy atom. The van der Waals surface area contributed by atoms with Gasteiger partial charge in [0.15, 0.2) is 4.34 Å². The number of rotatable bonds is 6. The fourth-order valence-corrected chi connectivity index (χ4v) is 3.24. The van der Waals surface area contributed by atoms with Crippen LogP contribution in [-0.2, 0) is 0 Å². The van der Waals surface area contributed by atoms with E-state index < -0.39 is 0 Å². The quantitative estimate of drug-likeness (QED) is 0.650. The van der Waals surface area contributed by atoms with Crippen LogP contribution in [0.3, 0.4) is 0 Å². The second-order valence-electron chi connectivity index (χ2n) is 3.83. The number of aromatic nitrogens is 2. The van der Waals surface area contributed by atoms with Gasteiger partial charge in [0, 0.05) is 0 Å². The molecule has 0 atom stereocenters. The van der Waals surface area contributed by atoms with Crippen molar-refractivity contribution >= 4 is 34.1 Å². The molecule has 6 nitrogen and oxygen atoms in total. The molecule has 1 N–H and O–H groups in total. The van der Waals surface area contributed by atoms with Gasteiger partial charge in [-0.1, -0.05) is 30.0 Å². The standard InChI is InChI=1S/C13H15N3O3S2/c1-4-20-13-16-15-12(21-13)14-11(17)9-7-8(18-2)5-6-10(9)19-3/h5-7H,4H2,1-3H3,(H,14,15,17). The van der Waals surface area contributed by atoms with E-state index in [1.165, 1.54) is 18.4 Å². The second kappa shape index (κ2) is 7.28. The summed E-state index contributed by atoms with van der Waals surface area (Å²) in [6.07, 6.45) is 0. The molecular weight excluding hydrogens is 310 g/mol. The lowest BCUT2D eigenvalue weighted by Gasteiger charge is -2.09. The molecule has 0 bridgehead atoms. The van der Waals surface area contributed by atoms with Gasteiger partial charge in [-0.05, 0) is 24.0 Å². The Morgan fingerprint density at radius 3 is 2.81 bits per heavy atom. The molecule has 0 fully saturated rings. The third-order valence-corrected chi connectivity index (χ3v) is 4.40. The Labute approximate surface area is 130 Å². The first kappa shape index (κ1) is 15.6. The lowest BCUT2D eigenvalue weighted by atomic mass is 10.2. The highest BCUT2D eigenvalue weighted by molar-refractivity contribution is 8.01. The molecule has 2 rings (SSSR count). The van der Waals surface area contributed by atoms with E-state index in [1.54, 1.807) is 37.1 Å². The molecule has 1 aromatic carbocycles. The molecule has 0 aliphatic heterocycles. The van der Waals surface area contributed by atoms with Crippen LogP contribution in [0.2, 0.25) is 0 Å². The number of nitrogens with zero attached hydrogens (tertiary/aromatic N) is 2. The first-order valence-corrected chi connectivity index (χ1v) is 7.97. The molecule has 0 spiro atoms. The Morgan fingerprint density at radius 2 is 2.14 bits per heavy atom. The third kappa shape index (κ3) is 3.85. The van der Waals surface area contributed by atoms with Crippen LogP contribution in [0.4, 0.5) is 5.13 Å². The number of nitrogens with one attached hydrogen (secondary N) is 1. The van der Waals surface area contributed by atoms with E-state index in [9.17, 15) is 4.79 Å². The molecule has 0 radical (unpaired) electrons. The maximum Gasteiger partial charge on any atom is 0.261 e. The fraction of sp³-hybridized carbons (Fsp3) is 0.308. The molecule has 8 heteroatoms. The van der Waals surface area contributed by atoms with E-state index in [1.807, 2.05) is 6.92 Å². The molecule has 2 aromatic rings. The van der Waals surface area contributed by atoms with E-state index in [2.05, 4.69) is 15.5 Å². The molecule has 112 valence electrons. The number of benzene rings is 1. The number of hydrogen-bond donors (Lipinski definition) is 1. The number of anilines is 1. The summed E-state index contributed by atoms with van der Waals surface area (Å²) in [7, 11) is 3.06. The number of carbonyl (C=O) groups is 1. The van der Waals surface area contributed by atoms with Crippen molar-refractivity contribution < 1.29 is 14.3 Å². The van der Waals surface area contributed by atoms with Crippen LogP contribution in [0.15, 0.2) is 22.5 Å². The van der Waals surface area contributed by atoms with Gasteiger partial charge in [0.2, 0.25) is 5.13 Å². The van der Waals surface area contributed by atoms with Crippen LogP contribution in [-0.4, -0.2) is 36.1 Å². The monoisotopic (exact) mass is 325 g/mol. The maximum absolute atomic E-state index is 12.3. The summed E-state index contributed by atoms with van der Waals surface area (Å²) >= 11 is 2.92. The van der Waals surface area contributed by atoms with Gasteiger partial charge in [-0.2, -0.15) is 0 Å². The van der Waals surface area contributed by atoms with Gasteiger partial charge in [-0.15, -0.1) is 10.2 Å². The molecule has 0 saturated heterocycles. The summed E-state index contributed by atoms with van der Waals surface area (Å²) in [5, 5.41) is 11.1. The Balaban J connectivity index is 2.18. The van der Waals surface area contributed by atoms with Gasteiger partial charge in [0.1, 0.15) is 11.5 Å². The molecule has 1 heterocycles. The highest BCUT2D eigenvalue weighted by Crippen LogP contribution is 2.28. The summed E-state index contributed by atoms with van der Waals surface area (Å²) in [6, 6.07) is 5.04. The van der Waals surface area contributed by atoms with Crippen LogP contribution in [0.1, 0.15) is 17.3 Å². The highest BCUT2D eigenvalue weighted by atomic mass is 32.2. The van der Waals surface area contributed by atoms with Crippen molar-refractivity contribution in [3.63, 3.8) is 0 Å². The summed E-state index contributed by atoms with van der Waals surface area (Å²) in [5.74, 6) is 1.66. The minimum atomic E-state index is -0.310. The van der Waals surface area contributed by atoms with Crippen LogP contribution in [0.5, 0.6) is 11.5 Å². The minimum absolute atomic E-state index is 0.310. The first-order chi connectivity index (χ1) is 10.2. The zero-order valence-electron chi connectivity index (χ0n) is 11.9. The summed E-state index contributed by atoms with van der Waals surface area (Å²) < 4.78 is 11.1.